The molecule has 0 aliphatic heterocycles. The van der Waals surface area contributed by atoms with E-state index < -0.39 is 22.5 Å². The molecule has 0 saturated carbocycles. The van der Waals surface area contributed by atoms with Gasteiger partial charge in [0.15, 0.2) is 0 Å². The van der Waals surface area contributed by atoms with Crippen LogP contribution in [0.4, 0.5) is 0 Å². The van der Waals surface area contributed by atoms with Crippen LogP contribution in [0.1, 0.15) is 0 Å². The molecule has 2 heterocycles. The lowest BCUT2D eigenvalue weighted by molar-refractivity contribution is 0.890. The van der Waals surface area contributed by atoms with Gasteiger partial charge in [-0.05, 0) is 0 Å². The lowest BCUT2D eigenvalue weighted by Crippen LogP contribution is -2.21. The molecule has 0 saturated heterocycles. The van der Waals surface area contributed by atoms with Crippen LogP contribution in [0.25, 0.3) is 0 Å². The molecule has 0 atom stereocenters. The van der Waals surface area contributed by atoms with E-state index in [1.165, 1.54) is 0 Å². The highest BCUT2D eigenvalue weighted by molar-refractivity contribution is 4.65. The van der Waals surface area contributed by atoms with Gasteiger partial charge in [-0.25, -0.2) is 19.8 Å². The Balaban J connectivity index is 0.000000160. The van der Waals surface area contributed by atoms with Gasteiger partial charge >= 0.3 is 11.4 Å². The van der Waals surface area contributed by atoms with E-state index in [1.54, 1.807) is 0 Å². The number of rotatable bonds is 0. The molecule has 0 spiro atoms. The molecule has 2 aromatic heterocycles. The van der Waals surface area contributed by atoms with Crippen molar-refractivity contribution in [2.24, 2.45) is 0 Å². The van der Waals surface area contributed by atoms with Gasteiger partial charge in [-0.3, -0.25) is 19.6 Å². The first-order valence-electron chi connectivity index (χ1n) is 3.86. The van der Waals surface area contributed by atoms with Gasteiger partial charge in [0.1, 0.15) is 12.4 Å². The van der Waals surface area contributed by atoms with Crippen molar-refractivity contribution in [1.29, 1.82) is 0 Å². The van der Waals surface area contributed by atoms with Crippen LogP contribution >= 0.6 is 0 Å². The van der Waals surface area contributed by atoms with E-state index in [0.29, 0.717) is 0 Å². The van der Waals surface area contributed by atoms with E-state index in [-0.39, 0.29) is 0 Å². The maximum atomic E-state index is 10.2. The van der Waals surface area contributed by atoms with Crippen molar-refractivity contribution < 1.29 is 0 Å². The summed E-state index contributed by atoms with van der Waals surface area (Å²) in [5.74, 6) is 0. The summed E-state index contributed by atoms with van der Waals surface area (Å²) < 4.78 is 0. The highest BCUT2D eigenvalue weighted by Crippen LogP contribution is 1.41. The molecule has 10 heteroatoms. The van der Waals surface area contributed by atoms with Crippen molar-refractivity contribution in [2.75, 3.05) is 0 Å². The maximum Gasteiger partial charge on any atom is 0.342 e. The average molecular weight is 226 g/mol. The Hall–Kier alpha value is -2.78. The molecule has 2 rings (SSSR count). The lowest BCUT2D eigenvalue weighted by atomic mass is 10.9. The summed E-state index contributed by atoms with van der Waals surface area (Å²) in [6.45, 7) is 0. The fourth-order valence-electron chi connectivity index (χ4n) is 0.643. The van der Waals surface area contributed by atoms with Crippen molar-refractivity contribution >= 4 is 0 Å². The van der Waals surface area contributed by atoms with Crippen LogP contribution in [0.2, 0.25) is 0 Å². The van der Waals surface area contributed by atoms with Crippen LogP contribution in [-0.4, -0.2) is 30.4 Å². The van der Waals surface area contributed by atoms with E-state index in [2.05, 4.69) is 10.2 Å². The number of hydrogen-bond acceptors (Lipinski definition) is 6. The van der Waals surface area contributed by atoms with E-state index in [1.807, 2.05) is 20.2 Å². The summed E-state index contributed by atoms with van der Waals surface area (Å²) >= 11 is 0. The summed E-state index contributed by atoms with van der Waals surface area (Å²) in [5, 5.41) is 10.4. The van der Waals surface area contributed by atoms with Gasteiger partial charge in [0.2, 0.25) is 0 Å². The zero-order valence-corrected chi connectivity index (χ0v) is 7.68. The zero-order chi connectivity index (χ0) is 12.0. The molecule has 4 N–H and O–H groups in total. The third-order valence-electron chi connectivity index (χ3n) is 1.17. The fraction of sp³-hybridized carbons (Fsp3) is 0. The Kier molecular flexibility index (Phi) is 3.66. The number of H-pyrrole nitrogens is 4. The van der Waals surface area contributed by atoms with Crippen molar-refractivity contribution in [3.05, 3.63) is 54.1 Å². The largest absolute Gasteiger partial charge is 0.342 e. The third kappa shape index (κ3) is 3.95. The molecule has 0 fully saturated rings. The minimum absolute atomic E-state index is 0.492. The molecule has 84 valence electrons. The first-order valence-corrected chi connectivity index (χ1v) is 3.86. The number of nitrogens with zero attached hydrogens (tertiary/aromatic N) is 2. The number of nitrogens with one attached hydrogen (secondary N) is 4. The van der Waals surface area contributed by atoms with Gasteiger partial charge in [-0.1, -0.05) is 0 Å². The van der Waals surface area contributed by atoms with Gasteiger partial charge < -0.3 is 0 Å². The number of aromatic nitrogens is 6. The molecule has 0 aliphatic carbocycles. The van der Waals surface area contributed by atoms with Gasteiger partial charge in [-0.2, -0.15) is 10.2 Å². The fourth-order valence-corrected chi connectivity index (χ4v) is 0.643. The van der Waals surface area contributed by atoms with Crippen molar-refractivity contribution in [2.45, 2.75) is 0 Å². The first kappa shape index (κ1) is 11.3. The average Bonchev–Trinajstić information content (AvgIpc) is 2.17. The Morgan fingerprint density at radius 3 is 1.31 bits per heavy atom. The zero-order valence-electron chi connectivity index (χ0n) is 7.68. The normalized spacial score (nSPS) is 9.00. The van der Waals surface area contributed by atoms with Gasteiger partial charge in [0.25, 0.3) is 11.1 Å². The van der Waals surface area contributed by atoms with Crippen LogP contribution in [0, 0.1) is 0 Å². The molecule has 16 heavy (non-hydrogen) atoms. The van der Waals surface area contributed by atoms with Crippen LogP contribution in [0.3, 0.4) is 0 Å². The summed E-state index contributed by atoms with van der Waals surface area (Å²) in [6, 6.07) is 0. The van der Waals surface area contributed by atoms with Crippen molar-refractivity contribution in [3.63, 3.8) is 0 Å². The first-order chi connectivity index (χ1) is 7.58. The molecular weight excluding hydrogens is 220 g/mol. The Morgan fingerprint density at radius 1 is 0.750 bits per heavy atom. The summed E-state index contributed by atoms with van der Waals surface area (Å²) in [7, 11) is 0. The third-order valence-corrected chi connectivity index (χ3v) is 1.17. The van der Waals surface area contributed by atoms with Crippen LogP contribution in [0.15, 0.2) is 31.6 Å². The minimum atomic E-state index is -0.586. The monoisotopic (exact) mass is 226 g/mol. The van der Waals surface area contributed by atoms with Crippen LogP contribution < -0.4 is 22.5 Å². The van der Waals surface area contributed by atoms with Gasteiger partial charge in [0, 0.05) is 0 Å². The molecule has 0 amide bonds. The molecule has 2 aromatic rings. The minimum Gasteiger partial charge on any atom is -0.272 e. The molecule has 0 bridgehead atoms. The van der Waals surface area contributed by atoms with Crippen molar-refractivity contribution in [1.82, 2.24) is 30.4 Å². The lowest BCUT2D eigenvalue weighted by Gasteiger charge is -1.74. The second-order valence-electron chi connectivity index (χ2n) is 2.38. The van der Waals surface area contributed by atoms with Gasteiger partial charge in [0.05, 0.1) is 0 Å². The summed E-state index contributed by atoms with van der Waals surface area (Å²) in [4.78, 5) is 44.4. The summed E-state index contributed by atoms with van der Waals surface area (Å²) in [6.07, 6.45) is 1.97. The second-order valence-corrected chi connectivity index (χ2v) is 2.38. The van der Waals surface area contributed by atoms with Gasteiger partial charge in [-0.15, -0.1) is 0 Å². The molecule has 0 aliphatic rings. The molecule has 0 radical (unpaired) electrons. The van der Waals surface area contributed by atoms with E-state index in [4.69, 9.17) is 0 Å². The SMILES string of the molecule is O=c1cn[nH]c(=O)[nH]1.O=c1cn[nH]c(=O)[nH]1. The number of aromatic amines is 4. The molecule has 0 aromatic carbocycles. The van der Waals surface area contributed by atoms with Crippen LogP contribution in [-0.2, 0) is 0 Å². The highest BCUT2D eigenvalue weighted by Gasteiger charge is 1.79. The topological polar surface area (TPSA) is 157 Å². The van der Waals surface area contributed by atoms with E-state index >= 15 is 0 Å². The van der Waals surface area contributed by atoms with E-state index in [9.17, 15) is 19.2 Å². The Bertz CT molecular complexity index is 553. The highest BCUT2D eigenvalue weighted by atomic mass is 16.2. The Labute approximate surface area is 85.4 Å². The number of hydrogen-bond donors (Lipinski definition) is 4. The molecule has 10 nitrogen and oxygen atoms in total. The second kappa shape index (κ2) is 5.19. The van der Waals surface area contributed by atoms with Crippen molar-refractivity contribution in [3.8, 4) is 0 Å². The predicted octanol–water partition coefficient (Wildman–Crippen LogP) is -3.08. The predicted molar refractivity (Wildman–Crippen MR) is 51.0 cm³/mol. The Morgan fingerprint density at radius 2 is 1.12 bits per heavy atom. The standard InChI is InChI=1S/2C3H3N3O2/c2*7-2-1-4-6-3(8)5-2/h2*1H,(H2,5,6,7,8). The van der Waals surface area contributed by atoms with E-state index in [0.717, 1.165) is 12.4 Å². The quantitative estimate of drug-likeness (QED) is 0.373. The maximum absolute atomic E-state index is 10.2. The summed E-state index contributed by atoms with van der Waals surface area (Å²) in [5.41, 5.74) is -2.16. The molecule has 0 unspecified atom stereocenters. The van der Waals surface area contributed by atoms with Crippen LogP contribution in [0.5, 0.6) is 0 Å². The molecular formula is C6H6N6O4. The smallest absolute Gasteiger partial charge is 0.272 e.